The molecule has 0 aromatic carbocycles. The van der Waals surface area contributed by atoms with E-state index in [1.54, 1.807) is 16.3 Å². The third kappa shape index (κ3) is 4.39. The number of carbonyl (C=O) groups excluding carboxylic acids is 2. The minimum Gasteiger partial charge on any atom is -0.365 e. The number of hydrogen-bond donors (Lipinski definition) is 2. The first-order chi connectivity index (χ1) is 21.0. The van der Waals surface area contributed by atoms with E-state index in [0.29, 0.717) is 35.6 Å². The summed E-state index contributed by atoms with van der Waals surface area (Å²) in [7, 11) is 0. The van der Waals surface area contributed by atoms with Crippen molar-refractivity contribution in [3.8, 4) is 11.1 Å². The number of halogens is 2. The van der Waals surface area contributed by atoms with Crippen LogP contribution in [-0.4, -0.2) is 41.3 Å². The molecule has 4 aliphatic rings. The molecule has 4 aliphatic carbocycles. The number of nitrogens with one attached hydrogen (secondary N) is 1. The molecule has 44 heavy (non-hydrogen) atoms. The van der Waals surface area contributed by atoms with Gasteiger partial charge in [-0.1, -0.05) is 0 Å². The van der Waals surface area contributed by atoms with Crippen LogP contribution in [0.25, 0.3) is 21.3 Å². The summed E-state index contributed by atoms with van der Waals surface area (Å²) in [4.78, 5) is 42.0. The molecule has 4 heterocycles. The molecule has 15 heteroatoms. The SMILES string of the molecule is CCn1ncc(-c2cc(C(F)F)nc3sc(C(N)=O)c(NC(=O)c4nn(C56CC7CC(CC(C7)C5)C6)cc4[N+](=O)[O-])c23)c1C. The molecular weight excluding hydrogens is 594 g/mol. The number of thiophene rings is 1. The first-order valence-corrected chi connectivity index (χ1v) is 15.4. The molecule has 0 atom stereocenters. The van der Waals surface area contributed by atoms with E-state index < -0.39 is 40.2 Å². The Labute approximate surface area is 253 Å². The molecule has 230 valence electrons. The van der Waals surface area contributed by atoms with E-state index in [1.807, 2.05) is 6.92 Å². The van der Waals surface area contributed by atoms with Gasteiger partial charge in [-0.05, 0) is 81.8 Å². The van der Waals surface area contributed by atoms with Gasteiger partial charge in [0.1, 0.15) is 21.6 Å². The normalized spacial score (nSPS) is 24.0. The highest BCUT2D eigenvalue weighted by Crippen LogP contribution is 2.59. The van der Waals surface area contributed by atoms with E-state index in [1.165, 1.54) is 18.5 Å². The summed E-state index contributed by atoms with van der Waals surface area (Å²) in [5.74, 6) is -0.195. The molecule has 4 fully saturated rings. The second kappa shape index (κ2) is 10.1. The van der Waals surface area contributed by atoms with E-state index >= 15 is 0 Å². The topological polar surface area (TPSA) is 164 Å². The minimum atomic E-state index is -2.91. The summed E-state index contributed by atoms with van der Waals surface area (Å²) in [5.41, 5.74) is 5.35. The van der Waals surface area contributed by atoms with Gasteiger partial charge in [0, 0.05) is 23.2 Å². The standard InChI is InChI=1S/C29H30F2N8O4S/c1-3-37-13(2)18(11-33-37)17-7-19(25(30)31)34-28-21(17)23(24(44-28)26(32)40)35-27(41)22-20(39(42)43)12-38(36-22)29-8-14-4-15(9-29)6-16(5-14)10-29/h7,11-12,14-16,25H,3-6,8-10H2,1-2H3,(H2,32,40)(H,35,41). The summed E-state index contributed by atoms with van der Waals surface area (Å²) in [6, 6.07) is 1.20. The van der Waals surface area contributed by atoms with Gasteiger partial charge in [-0.25, -0.2) is 13.8 Å². The lowest BCUT2D eigenvalue weighted by molar-refractivity contribution is -0.385. The Kier molecular flexibility index (Phi) is 6.57. The maximum atomic E-state index is 13.9. The predicted molar refractivity (Wildman–Crippen MR) is 158 cm³/mol. The molecule has 4 aromatic rings. The van der Waals surface area contributed by atoms with Crippen molar-refractivity contribution >= 4 is 44.7 Å². The number of fused-ring (bicyclic) bond motifs is 1. The van der Waals surface area contributed by atoms with Crippen LogP contribution >= 0.6 is 11.3 Å². The molecule has 4 saturated carbocycles. The van der Waals surface area contributed by atoms with Gasteiger partial charge < -0.3 is 11.1 Å². The van der Waals surface area contributed by atoms with Crippen molar-refractivity contribution in [1.82, 2.24) is 24.5 Å². The fourth-order valence-corrected chi connectivity index (χ4v) is 9.20. The van der Waals surface area contributed by atoms with E-state index in [-0.39, 0.29) is 31.9 Å². The Morgan fingerprint density at radius 2 is 1.86 bits per heavy atom. The Morgan fingerprint density at radius 1 is 1.20 bits per heavy atom. The van der Waals surface area contributed by atoms with Gasteiger partial charge in [-0.2, -0.15) is 10.2 Å². The summed E-state index contributed by atoms with van der Waals surface area (Å²) in [6.07, 6.45) is 6.06. The predicted octanol–water partition coefficient (Wildman–Crippen LogP) is 5.81. The minimum absolute atomic E-state index is 0.0548. The van der Waals surface area contributed by atoms with Crippen molar-refractivity contribution in [3.05, 3.63) is 50.5 Å². The highest BCUT2D eigenvalue weighted by Gasteiger charge is 2.53. The third-order valence-electron chi connectivity index (χ3n) is 9.66. The summed E-state index contributed by atoms with van der Waals surface area (Å²) >= 11 is 0.762. The number of nitro groups is 1. The smallest absolute Gasteiger partial charge is 0.320 e. The summed E-state index contributed by atoms with van der Waals surface area (Å²) < 4.78 is 31.2. The van der Waals surface area contributed by atoms with E-state index in [2.05, 4.69) is 20.5 Å². The summed E-state index contributed by atoms with van der Waals surface area (Å²) in [6.45, 7) is 4.19. The molecule has 0 radical (unpaired) electrons. The number of nitrogens with zero attached hydrogens (tertiary/aromatic N) is 6. The van der Waals surface area contributed by atoms with Gasteiger partial charge >= 0.3 is 5.69 Å². The van der Waals surface area contributed by atoms with E-state index in [4.69, 9.17) is 5.73 Å². The zero-order valence-corrected chi connectivity index (χ0v) is 24.9. The monoisotopic (exact) mass is 624 g/mol. The quantitative estimate of drug-likeness (QED) is 0.185. The highest BCUT2D eigenvalue weighted by atomic mass is 32.1. The summed E-state index contributed by atoms with van der Waals surface area (Å²) in [5, 5.41) is 23.9. The number of alkyl halides is 2. The molecule has 0 aliphatic heterocycles. The molecule has 0 spiro atoms. The number of pyridine rings is 1. The van der Waals surface area contributed by atoms with Crippen LogP contribution in [0.1, 0.15) is 83.4 Å². The Balaban J connectivity index is 1.35. The number of nitrogens with two attached hydrogens (primary N) is 1. The molecular formula is C29H30F2N8O4S. The number of carbonyl (C=O) groups is 2. The lowest BCUT2D eigenvalue weighted by Gasteiger charge is -2.56. The Bertz CT molecular complexity index is 1830. The lowest BCUT2D eigenvalue weighted by Crippen LogP contribution is -2.52. The number of rotatable bonds is 8. The van der Waals surface area contributed by atoms with Crippen molar-refractivity contribution in [2.75, 3.05) is 5.32 Å². The van der Waals surface area contributed by atoms with Crippen LogP contribution in [-0.2, 0) is 12.1 Å². The zero-order valence-electron chi connectivity index (χ0n) is 24.0. The van der Waals surface area contributed by atoms with Gasteiger partial charge in [0.05, 0.1) is 22.3 Å². The maximum absolute atomic E-state index is 13.9. The molecule has 0 unspecified atom stereocenters. The Morgan fingerprint density at radius 3 is 2.41 bits per heavy atom. The molecule has 8 rings (SSSR count). The van der Waals surface area contributed by atoms with Crippen LogP contribution in [0.5, 0.6) is 0 Å². The van der Waals surface area contributed by atoms with Crippen molar-refractivity contribution in [2.24, 2.45) is 23.5 Å². The first-order valence-electron chi connectivity index (χ1n) is 14.6. The van der Waals surface area contributed by atoms with Gasteiger partial charge in [-0.3, -0.25) is 29.1 Å². The van der Waals surface area contributed by atoms with Crippen LogP contribution in [0, 0.1) is 34.8 Å². The highest BCUT2D eigenvalue weighted by molar-refractivity contribution is 7.21. The second-order valence-electron chi connectivity index (χ2n) is 12.4. The molecule has 3 N–H and O–H groups in total. The van der Waals surface area contributed by atoms with Crippen molar-refractivity contribution in [2.45, 2.75) is 70.9 Å². The van der Waals surface area contributed by atoms with E-state index in [9.17, 15) is 28.5 Å². The molecule has 4 bridgehead atoms. The van der Waals surface area contributed by atoms with Crippen molar-refractivity contribution in [3.63, 3.8) is 0 Å². The number of amides is 2. The number of primary amides is 1. The first kappa shape index (κ1) is 28.5. The van der Waals surface area contributed by atoms with Gasteiger partial charge in [0.25, 0.3) is 18.2 Å². The Hall–Kier alpha value is -4.27. The van der Waals surface area contributed by atoms with Gasteiger partial charge in [-0.15, -0.1) is 11.3 Å². The molecule has 2 amide bonds. The third-order valence-corrected chi connectivity index (χ3v) is 10.8. The fourth-order valence-electron chi connectivity index (χ4n) is 8.19. The van der Waals surface area contributed by atoms with Crippen molar-refractivity contribution in [1.29, 1.82) is 0 Å². The largest absolute Gasteiger partial charge is 0.365 e. The van der Waals surface area contributed by atoms with Gasteiger partial charge in [0.15, 0.2) is 0 Å². The molecule has 12 nitrogen and oxygen atoms in total. The van der Waals surface area contributed by atoms with Crippen LogP contribution in [0.4, 0.5) is 20.2 Å². The number of hydrogen-bond acceptors (Lipinski definition) is 8. The zero-order chi connectivity index (χ0) is 31.1. The van der Waals surface area contributed by atoms with Crippen LogP contribution in [0.2, 0.25) is 0 Å². The van der Waals surface area contributed by atoms with Gasteiger partial charge in [0.2, 0.25) is 5.69 Å². The average molecular weight is 625 g/mol. The number of aryl methyl sites for hydroxylation is 1. The van der Waals surface area contributed by atoms with Crippen molar-refractivity contribution < 1.29 is 23.3 Å². The molecule has 4 aromatic heterocycles. The number of aromatic nitrogens is 5. The molecule has 0 saturated heterocycles. The lowest BCUT2D eigenvalue weighted by atomic mass is 9.53. The van der Waals surface area contributed by atoms with Crippen LogP contribution in [0.15, 0.2) is 18.5 Å². The number of anilines is 1. The average Bonchev–Trinajstić information content (AvgIpc) is 3.67. The fraction of sp³-hybridized carbons (Fsp3) is 0.483. The van der Waals surface area contributed by atoms with E-state index in [0.717, 1.165) is 49.9 Å². The maximum Gasteiger partial charge on any atom is 0.320 e. The van der Waals surface area contributed by atoms with Crippen LogP contribution < -0.4 is 11.1 Å². The second-order valence-corrected chi connectivity index (χ2v) is 13.4. The van der Waals surface area contributed by atoms with Crippen LogP contribution in [0.3, 0.4) is 0 Å².